The fourth-order valence-electron chi connectivity index (χ4n) is 3.07. The van der Waals surface area contributed by atoms with Crippen LogP contribution in [0.2, 0.25) is 0 Å². The molecule has 0 aromatic heterocycles. The van der Waals surface area contributed by atoms with Gasteiger partial charge in [-0.2, -0.15) is 0 Å². The number of ketones is 1. The molecule has 6 heteroatoms. The van der Waals surface area contributed by atoms with Crippen LogP contribution in [0, 0.1) is 6.92 Å². The van der Waals surface area contributed by atoms with E-state index in [0.29, 0.717) is 21.9 Å². The summed E-state index contributed by atoms with van der Waals surface area (Å²) >= 11 is 5.37. The molecule has 1 aliphatic heterocycles. The Balaban J connectivity index is 2.08. The van der Waals surface area contributed by atoms with E-state index >= 15 is 0 Å². The molecule has 0 saturated heterocycles. The van der Waals surface area contributed by atoms with Crippen LogP contribution >= 0.6 is 12.2 Å². The van der Waals surface area contributed by atoms with Crippen LogP contribution in [0.3, 0.4) is 0 Å². The Labute approximate surface area is 163 Å². The van der Waals surface area contributed by atoms with Crippen LogP contribution < -0.4 is 10.6 Å². The highest BCUT2D eigenvalue weighted by Gasteiger charge is 2.30. The molecule has 0 unspecified atom stereocenters. The molecule has 138 valence electrons. The lowest BCUT2D eigenvalue weighted by Gasteiger charge is -2.31. The Morgan fingerprint density at radius 1 is 1.04 bits per heavy atom. The van der Waals surface area contributed by atoms with E-state index in [4.69, 9.17) is 17.0 Å². The Kier molecular flexibility index (Phi) is 5.37. The summed E-state index contributed by atoms with van der Waals surface area (Å²) < 4.78 is 4.73. The van der Waals surface area contributed by atoms with Gasteiger partial charge >= 0.3 is 5.97 Å². The molecule has 0 spiro atoms. The number of carbonyl (C=O) groups excluding carboxylic acids is 2. The minimum absolute atomic E-state index is 0.0601. The van der Waals surface area contributed by atoms with Crippen LogP contribution in [0.15, 0.2) is 54.1 Å². The Hall–Kier alpha value is -2.99. The Morgan fingerprint density at radius 2 is 1.67 bits per heavy atom. The van der Waals surface area contributed by atoms with Gasteiger partial charge in [0.25, 0.3) is 0 Å². The third-order valence-electron chi connectivity index (χ3n) is 4.46. The third kappa shape index (κ3) is 3.90. The van der Waals surface area contributed by atoms with Gasteiger partial charge in [-0.05, 0) is 49.3 Å². The second-order valence-electron chi connectivity index (χ2n) is 6.36. The topological polar surface area (TPSA) is 67.4 Å². The van der Waals surface area contributed by atoms with Crippen molar-refractivity contribution in [1.82, 2.24) is 10.6 Å². The van der Waals surface area contributed by atoms with Crippen molar-refractivity contribution in [2.75, 3.05) is 7.11 Å². The quantitative estimate of drug-likeness (QED) is 0.627. The van der Waals surface area contributed by atoms with Crippen LogP contribution in [0.5, 0.6) is 0 Å². The first-order valence-electron chi connectivity index (χ1n) is 8.48. The maximum Gasteiger partial charge on any atom is 0.337 e. The van der Waals surface area contributed by atoms with Gasteiger partial charge in [-0.25, -0.2) is 4.79 Å². The highest BCUT2D eigenvalue weighted by Crippen LogP contribution is 2.32. The summed E-state index contributed by atoms with van der Waals surface area (Å²) in [5.74, 6) is -0.465. The van der Waals surface area contributed by atoms with Crippen LogP contribution in [-0.4, -0.2) is 24.0 Å². The number of rotatable bonds is 4. The van der Waals surface area contributed by atoms with Gasteiger partial charge in [0.15, 0.2) is 10.9 Å². The highest BCUT2D eigenvalue weighted by molar-refractivity contribution is 7.80. The first-order valence-corrected chi connectivity index (χ1v) is 8.89. The molecule has 2 aromatic carbocycles. The van der Waals surface area contributed by atoms with Gasteiger partial charge in [-0.1, -0.05) is 42.0 Å². The molecule has 0 fully saturated rings. The van der Waals surface area contributed by atoms with Gasteiger partial charge in [0.05, 0.1) is 24.4 Å². The minimum atomic E-state index is -0.405. The van der Waals surface area contributed by atoms with E-state index in [9.17, 15) is 9.59 Å². The van der Waals surface area contributed by atoms with E-state index in [-0.39, 0.29) is 5.78 Å². The molecule has 0 aliphatic carbocycles. The first kappa shape index (κ1) is 18.8. The third-order valence-corrected chi connectivity index (χ3v) is 4.68. The predicted octanol–water partition coefficient (Wildman–Crippen LogP) is 3.30. The molecule has 5 nitrogen and oxygen atoms in total. The van der Waals surface area contributed by atoms with Crippen molar-refractivity contribution >= 4 is 34.8 Å². The van der Waals surface area contributed by atoms with Gasteiger partial charge in [0, 0.05) is 5.57 Å². The number of Topliss-reactive ketones (excluding diaryl/α,β-unsaturated/α-hetero) is 1. The average Bonchev–Trinajstić information content (AvgIpc) is 2.67. The number of benzene rings is 2. The predicted molar refractivity (Wildman–Crippen MR) is 108 cm³/mol. The summed E-state index contributed by atoms with van der Waals surface area (Å²) in [5.41, 5.74) is 4.61. The number of hydrogen-bond donors (Lipinski definition) is 2. The van der Waals surface area contributed by atoms with E-state index in [1.165, 1.54) is 14.0 Å². The van der Waals surface area contributed by atoms with Crippen molar-refractivity contribution in [2.45, 2.75) is 19.9 Å². The molecule has 0 amide bonds. The normalized spacial score (nSPS) is 16.4. The van der Waals surface area contributed by atoms with Crippen LogP contribution in [0.4, 0.5) is 0 Å². The zero-order valence-corrected chi connectivity index (χ0v) is 16.1. The van der Waals surface area contributed by atoms with Crippen molar-refractivity contribution in [3.63, 3.8) is 0 Å². The van der Waals surface area contributed by atoms with E-state index in [0.717, 1.165) is 16.7 Å². The minimum Gasteiger partial charge on any atom is -0.465 e. The van der Waals surface area contributed by atoms with Crippen LogP contribution in [0.25, 0.3) is 5.70 Å². The van der Waals surface area contributed by atoms with Gasteiger partial charge in [0.2, 0.25) is 0 Å². The molecule has 1 atom stereocenters. The van der Waals surface area contributed by atoms with Crippen molar-refractivity contribution in [1.29, 1.82) is 0 Å². The first-order chi connectivity index (χ1) is 12.9. The fourth-order valence-corrected chi connectivity index (χ4v) is 3.29. The zero-order valence-electron chi connectivity index (χ0n) is 15.3. The average molecular weight is 380 g/mol. The lowest BCUT2D eigenvalue weighted by atomic mass is 9.90. The lowest BCUT2D eigenvalue weighted by molar-refractivity contribution is -0.113. The summed E-state index contributed by atoms with van der Waals surface area (Å²) in [6.45, 7) is 3.55. The number of thiocarbonyl (C=S) groups is 1. The van der Waals surface area contributed by atoms with Crippen molar-refractivity contribution in [3.05, 3.63) is 76.4 Å². The number of esters is 1. The monoisotopic (exact) mass is 380 g/mol. The number of methoxy groups -OCH3 is 1. The molecule has 2 N–H and O–H groups in total. The van der Waals surface area contributed by atoms with E-state index in [1.54, 1.807) is 24.3 Å². The molecule has 0 saturated carbocycles. The molecule has 27 heavy (non-hydrogen) atoms. The lowest BCUT2D eigenvalue weighted by Crippen LogP contribution is -2.44. The molecule has 1 heterocycles. The van der Waals surface area contributed by atoms with Gasteiger partial charge in [-0.15, -0.1) is 0 Å². The van der Waals surface area contributed by atoms with E-state index in [1.807, 2.05) is 31.2 Å². The number of aryl methyl sites for hydroxylation is 1. The number of hydrogen-bond acceptors (Lipinski definition) is 4. The molecular formula is C21H20N2O3S. The Bertz CT molecular complexity index is 931. The van der Waals surface area contributed by atoms with Gasteiger partial charge in [0.1, 0.15) is 0 Å². The maximum absolute atomic E-state index is 12.5. The standard InChI is InChI=1S/C21H20N2O3S/c1-12-4-6-14(7-5-12)18-17(13(2)24)19(23-21(27)22-18)15-8-10-16(11-9-15)20(25)26-3/h4-11,19H,1-3H3,(H2,22,23,27)/t19-/m0/s1. The van der Waals surface area contributed by atoms with E-state index < -0.39 is 12.0 Å². The summed E-state index contributed by atoms with van der Waals surface area (Å²) in [7, 11) is 1.34. The van der Waals surface area contributed by atoms with Crippen molar-refractivity contribution in [2.24, 2.45) is 0 Å². The zero-order chi connectivity index (χ0) is 19.6. The second-order valence-corrected chi connectivity index (χ2v) is 6.76. The summed E-state index contributed by atoms with van der Waals surface area (Å²) in [5, 5.41) is 6.73. The molecule has 0 bridgehead atoms. The fraction of sp³-hybridized carbons (Fsp3) is 0.190. The Morgan fingerprint density at radius 3 is 2.22 bits per heavy atom. The molecule has 2 aromatic rings. The van der Waals surface area contributed by atoms with Crippen LogP contribution in [0.1, 0.15) is 40.0 Å². The van der Waals surface area contributed by atoms with Gasteiger partial charge in [-0.3, -0.25) is 4.79 Å². The highest BCUT2D eigenvalue weighted by atomic mass is 32.1. The SMILES string of the molecule is COC(=O)c1ccc([C@@H]2NC(=S)NC(c3ccc(C)cc3)=C2C(C)=O)cc1. The van der Waals surface area contributed by atoms with Gasteiger partial charge < -0.3 is 15.4 Å². The van der Waals surface area contributed by atoms with E-state index in [2.05, 4.69) is 10.6 Å². The summed E-state index contributed by atoms with van der Waals surface area (Å²) in [6.07, 6.45) is 0. The second kappa shape index (κ2) is 7.72. The molecule has 3 rings (SSSR count). The smallest absolute Gasteiger partial charge is 0.337 e. The number of ether oxygens (including phenoxy) is 1. The largest absolute Gasteiger partial charge is 0.465 e. The maximum atomic E-state index is 12.5. The summed E-state index contributed by atoms with van der Waals surface area (Å²) in [6, 6.07) is 14.5. The summed E-state index contributed by atoms with van der Waals surface area (Å²) in [4.78, 5) is 24.2. The molecule has 0 radical (unpaired) electrons. The van der Waals surface area contributed by atoms with Crippen molar-refractivity contribution in [3.8, 4) is 0 Å². The van der Waals surface area contributed by atoms with Crippen LogP contribution in [-0.2, 0) is 9.53 Å². The number of nitrogens with one attached hydrogen (secondary N) is 2. The molecule has 1 aliphatic rings. The van der Waals surface area contributed by atoms with Crippen molar-refractivity contribution < 1.29 is 14.3 Å². The molecular weight excluding hydrogens is 360 g/mol. The number of carbonyl (C=O) groups is 2.